The number of rotatable bonds is 2. The van der Waals surface area contributed by atoms with Gasteiger partial charge in [0.1, 0.15) is 0 Å². The van der Waals surface area contributed by atoms with E-state index in [1.54, 1.807) is 0 Å². The van der Waals surface area contributed by atoms with Crippen molar-refractivity contribution in [3.63, 3.8) is 0 Å². The van der Waals surface area contributed by atoms with Crippen LogP contribution < -0.4 is 10.6 Å². The second-order valence-electron chi connectivity index (χ2n) is 5.56. The molecule has 6 heteroatoms. The Morgan fingerprint density at radius 3 is 2.52 bits per heavy atom. The van der Waals surface area contributed by atoms with Gasteiger partial charge in [-0.15, -0.1) is 0 Å². The molecule has 3 nitrogen and oxygen atoms in total. The molecule has 1 aromatic carbocycles. The smallest absolute Gasteiger partial charge is 0.348 e. The molecule has 116 valence electrons. The van der Waals surface area contributed by atoms with Gasteiger partial charge in [0.2, 0.25) is 0 Å². The van der Waals surface area contributed by atoms with Crippen LogP contribution >= 0.6 is 0 Å². The molecular formula is C15H19F3N2O. The van der Waals surface area contributed by atoms with E-state index >= 15 is 0 Å². The summed E-state index contributed by atoms with van der Waals surface area (Å²) in [5, 5.41) is 6.01. The SMILES string of the molecule is CC1CCC(NC(=O)c2ccccc2C(F)(F)F)C(C)N1. The molecule has 2 N–H and O–H groups in total. The maximum atomic E-state index is 12.9. The van der Waals surface area contributed by atoms with E-state index in [0.717, 1.165) is 18.9 Å². The summed E-state index contributed by atoms with van der Waals surface area (Å²) in [6.45, 7) is 3.98. The first-order valence-electron chi connectivity index (χ1n) is 7.02. The van der Waals surface area contributed by atoms with Gasteiger partial charge in [-0.25, -0.2) is 0 Å². The van der Waals surface area contributed by atoms with Gasteiger partial charge in [-0.05, 0) is 38.8 Å². The lowest BCUT2D eigenvalue weighted by molar-refractivity contribution is -0.137. The molecule has 0 aromatic heterocycles. The maximum absolute atomic E-state index is 12.9. The minimum atomic E-state index is -4.53. The lowest BCUT2D eigenvalue weighted by atomic mass is 9.94. The minimum absolute atomic E-state index is 0.0377. The number of benzene rings is 1. The first-order valence-corrected chi connectivity index (χ1v) is 7.02. The number of nitrogens with one attached hydrogen (secondary N) is 2. The van der Waals surface area contributed by atoms with E-state index in [1.807, 2.05) is 13.8 Å². The molecule has 0 aliphatic carbocycles. The van der Waals surface area contributed by atoms with Crippen LogP contribution in [0.2, 0.25) is 0 Å². The number of carbonyl (C=O) groups excluding carboxylic acids is 1. The number of hydrogen-bond acceptors (Lipinski definition) is 2. The summed E-state index contributed by atoms with van der Waals surface area (Å²) in [5.74, 6) is -0.670. The zero-order valence-electron chi connectivity index (χ0n) is 12.0. The second kappa shape index (κ2) is 6.05. The lowest BCUT2D eigenvalue weighted by Crippen LogP contribution is -2.54. The Kier molecular flexibility index (Phi) is 4.56. The molecule has 1 fully saturated rings. The zero-order chi connectivity index (χ0) is 15.6. The van der Waals surface area contributed by atoms with Crippen molar-refractivity contribution >= 4 is 5.91 Å². The van der Waals surface area contributed by atoms with Gasteiger partial charge >= 0.3 is 6.18 Å². The van der Waals surface area contributed by atoms with E-state index in [0.29, 0.717) is 6.04 Å². The fourth-order valence-corrected chi connectivity index (χ4v) is 2.70. The highest BCUT2D eigenvalue weighted by Crippen LogP contribution is 2.31. The van der Waals surface area contributed by atoms with E-state index in [-0.39, 0.29) is 17.6 Å². The second-order valence-corrected chi connectivity index (χ2v) is 5.56. The average Bonchev–Trinajstić information content (AvgIpc) is 2.41. The molecule has 0 bridgehead atoms. The maximum Gasteiger partial charge on any atom is 0.417 e. The van der Waals surface area contributed by atoms with Crippen molar-refractivity contribution < 1.29 is 18.0 Å². The van der Waals surface area contributed by atoms with Gasteiger partial charge < -0.3 is 10.6 Å². The highest BCUT2D eigenvalue weighted by atomic mass is 19.4. The van der Waals surface area contributed by atoms with Gasteiger partial charge in [-0.2, -0.15) is 13.2 Å². The third-order valence-electron chi connectivity index (χ3n) is 3.86. The Labute approximate surface area is 121 Å². The third kappa shape index (κ3) is 3.75. The summed E-state index contributed by atoms with van der Waals surface area (Å²) in [6.07, 6.45) is -2.88. The van der Waals surface area contributed by atoms with E-state index in [9.17, 15) is 18.0 Å². The molecule has 1 heterocycles. The van der Waals surface area contributed by atoms with Crippen LogP contribution in [0.5, 0.6) is 0 Å². The molecule has 3 atom stereocenters. The molecule has 0 radical (unpaired) electrons. The average molecular weight is 300 g/mol. The highest BCUT2D eigenvalue weighted by Gasteiger charge is 2.35. The van der Waals surface area contributed by atoms with Gasteiger partial charge in [-0.3, -0.25) is 4.79 Å². The molecule has 21 heavy (non-hydrogen) atoms. The molecular weight excluding hydrogens is 281 g/mol. The Balaban J connectivity index is 2.14. The predicted octanol–water partition coefficient (Wildman–Crippen LogP) is 2.96. The summed E-state index contributed by atoms with van der Waals surface area (Å²) in [6, 6.07) is 5.10. The number of halogens is 3. The van der Waals surface area contributed by atoms with E-state index in [1.165, 1.54) is 18.2 Å². The monoisotopic (exact) mass is 300 g/mol. The summed E-state index contributed by atoms with van der Waals surface area (Å²) >= 11 is 0. The molecule has 3 unspecified atom stereocenters. The summed E-state index contributed by atoms with van der Waals surface area (Å²) in [5.41, 5.74) is -1.22. The van der Waals surface area contributed by atoms with Crippen LogP contribution in [0, 0.1) is 0 Å². The van der Waals surface area contributed by atoms with Crippen LogP contribution in [0.15, 0.2) is 24.3 Å². The fourth-order valence-electron chi connectivity index (χ4n) is 2.70. The first-order chi connectivity index (χ1) is 9.79. The fraction of sp³-hybridized carbons (Fsp3) is 0.533. The van der Waals surface area contributed by atoms with Gasteiger partial charge in [0, 0.05) is 18.1 Å². The van der Waals surface area contributed by atoms with Crippen LogP contribution in [0.25, 0.3) is 0 Å². The van der Waals surface area contributed by atoms with Crippen molar-refractivity contribution in [2.24, 2.45) is 0 Å². The number of alkyl halides is 3. The van der Waals surface area contributed by atoms with Crippen molar-refractivity contribution in [3.05, 3.63) is 35.4 Å². The van der Waals surface area contributed by atoms with Crippen molar-refractivity contribution in [1.29, 1.82) is 0 Å². The van der Waals surface area contributed by atoms with Crippen LogP contribution in [-0.4, -0.2) is 24.0 Å². The Morgan fingerprint density at radius 2 is 1.90 bits per heavy atom. The van der Waals surface area contributed by atoms with Crippen molar-refractivity contribution in [2.75, 3.05) is 0 Å². The Hall–Kier alpha value is -1.56. The van der Waals surface area contributed by atoms with E-state index in [4.69, 9.17) is 0 Å². The van der Waals surface area contributed by atoms with Gasteiger partial charge in [0.25, 0.3) is 5.91 Å². The van der Waals surface area contributed by atoms with Crippen LogP contribution in [0.1, 0.15) is 42.6 Å². The van der Waals surface area contributed by atoms with Gasteiger partial charge in [0.15, 0.2) is 0 Å². The largest absolute Gasteiger partial charge is 0.417 e. The quantitative estimate of drug-likeness (QED) is 0.881. The topological polar surface area (TPSA) is 41.1 Å². The number of amides is 1. The minimum Gasteiger partial charge on any atom is -0.348 e. The standard InChI is InChI=1S/C15H19F3N2O/c1-9-7-8-13(10(2)19-9)20-14(21)11-5-3-4-6-12(11)15(16,17)18/h3-6,9-10,13,19H,7-8H2,1-2H3,(H,20,21). The molecule has 0 saturated carbocycles. The first kappa shape index (κ1) is 15.8. The van der Waals surface area contributed by atoms with Crippen molar-refractivity contribution in [3.8, 4) is 0 Å². The molecule has 1 aromatic rings. The molecule has 1 saturated heterocycles. The van der Waals surface area contributed by atoms with Crippen LogP contribution in [0.4, 0.5) is 13.2 Å². The zero-order valence-corrected chi connectivity index (χ0v) is 12.0. The van der Waals surface area contributed by atoms with E-state index in [2.05, 4.69) is 10.6 Å². The van der Waals surface area contributed by atoms with E-state index < -0.39 is 17.6 Å². The third-order valence-corrected chi connectivity index (χ3v) is 3.86. The molecule has 1 aliphatic heterocycles. The number of hydrogen-bond donors (Lipinski definition) is 2. The number of piperidine rings is 1. The summed E-state index contributed by atoms with van der Waals surface area (Å²) in [4.78, 5) is 12.2. The predicted molar refractivity (Wildman–Crippen MR) is 74.0 cm³/mol. The van der Waals surface area contributed by atoms with Crippen LogP contribution in [0.3, 0.4) is 0 Å². The van der Waals surface area contributed by atoms with Gasteiger partial charge in [-0.1, -0.05) is 12.1 Å². The summed E-state index contributed by atoms with van der Waals surface area (Å²) in [7, 11) is 0. The lowest BCUT2D eigenvalue weighted by Gasteiger charge is -2.34. The summed E-state index contributed by atoms with van der Waals surface area (Å²) < 4.78 is 38.8. The normalized spacial score (nSPS) is 26.4. The number of carbonyl (C=O) groups is 1. The molecule has 0 spiro atoms. The Morgan fingerprint density at radius 1 is 1.24 bits per heavy atom. The molecule has 1 aliphatic rings. The molecule has 1 amide bonds. The van der Waals surface area contributed by atoms with Gasteiger partial charge in [0.05, 0.1) is 11.1 Å². The van der Waals surface area contributed by atoms with Crippen molar-refractivity contribution in [1.82, 2.24) is 10.6 Å². The molecule has 2 rings (SSSR count). The van der Waals surface area contributed by atoms with Crippen molar-refractivity contribution in [2.45, 2.75) is 51.0 Å². The Bertz CT molecular complexity index is 516. The highest BCUT2D eigenvalue weighted by molar-refractivity contribution is 5.96. The van der Waals surface area contributed by atoms with Crippen LogP contribution in [-0.2, 0) is 6.18 Å².